The van der Waals surface area contributed by atoms with Crippen molar-refractivity contribution in [1.29, 1.82) is 0 Å². The summed E-state index contributed by atoms with van der Waals surface area (Å²) in [6, 6.07) is 8.47. The van der Waals surface area contributed by atoms with Crippen LogP contribution in [-0.2, 0) is 10.2 Å². The van der Waals surface area contributed by atoms with E-state index < -0.39 is 0 Å². The van der Waals surface area contributed by atoms with E-state index in [9.17, 15) is 0 Å². The Hall–Kier alpha value is -1.06. The molecule has 1 heterocycles. The third-order valence-electron chi connectivity index (χ3n) is 3.85. The Labute approximate surface area is 109 Å². The van der Waals surface area contributed by atoms with Crippen molar-refractivity contribution in [3.63, 3.8) is 0 Å². The van der Waals surface area contributed by atoms with Crippen molar-refractivity contribution >= 4 is 0 Å². The van der Waals surface area contributed by atoms with Crippen molar-refractivity contribution in [3.8, 4) is 5.75 Å². The molecule has 0 unspecified atom stereocenters. The maximum Gasteiger partial charge on any atom is 0.119 e. The molecule has 1 aromatic carbocycles. The van der Waals surface area contributed by atoms with Crippen molar-refractivity contribution in [3.05, 3.63) is 29.8 Å². The number of rotatable bonds is 5. The lowest BCUT2D eigenvalue weighted by Crippen LogP contribution is -2.42. The second-order valence-corrected chi connectivity index (χ2v) is 4.90. The number of hydrogen-bond donors (Lipinski definition) is 1. The quantitative estimate of drug-likeness (QED) is 0.869. The topological polar surface area (TPSA) is 30.5 Å². The van der Waals surface area contributed by atoms with E-state index in [0.29, 0.717) is 0 Å². The van der Waals surface area contributed by atoms with Gasteiger partial charge in [-0.1, -0.05) is 19.1 Å². The lowest BCUT2D eigenvalue weighted by molar-refractivity contribution is 0.0500. The van der Waals surface area contributed by atoms with Gasteiger partial charge in [0.25, 0.3) is 0 Å². The van der Waals surface area contributed by atoms with E-state index in [1.807, 2.05) is 6.07 Å². The highest BCUT2D eigenvalue weighted by Gasteiger charge is 2.34. The van der Waals surface area contributed by atoms with Crippen LogP contribution in [0.25, 0.3) is 0 Å². The second kappa shape index (κ2) is 6.21. The molecule has 100 valence electrons. The monoisotopic (exact) mass is 249 g/mol. The summed E-state index contributed by atoms with van der Waals surface area (Å²) < 4.78 is 10.9. The molecule has 1 aromatic rings. The van der Waals surface area contributed by atoms with Crippen LogP contribution in [0.1, 0.15) is 25.3 Å². The van der Waals surface area contributed by atoms with Gasteiger partial charge in [0.1, 0.15) is 5.75 Å². The Balaban J connectivity index is 2.26. The molecule has 0 spiro atoms. The largest absolute Gasteiger partial charge is 0.497 e. The lowest BCUT2D eigenvalue weighted by atomic mass is 9.74. The summed E-state index contributed by atoms with van der Waals surface area (Å²) in [7, 11) is 1.72. The first-order chi connectivity index (χ1) is 8.80. The minimum Gasteiger partial charge on any atom is -0.497 e. The summed E-state index contributed by atoms with van der Waals surface area (Å²) in [6.45, 7) is 5.87. The molecule has 0 bridgehead atoms. The third-order valence-corrected chi connectivity index (χ3v) is 3.85. The van der Waals surface area contributed by atoms with Crippen LogP contribution in [-0.4, -0.2) is 33.4 Å². The van der Waals surface area contributed by atoms with Crippen LogP contribution in [0.15, 0.2) is 24.3 Å². The fraction of sp³-hybridized carbons (Fsp3) is 0.600. The van der Waals surface area contributed by atoms with E-state index in [1.165, 1.54) is 5.56 Å². The number of ether oxygens (including phenoxy) is 2. The average Bonchev–Trinajstić information content (AvgIpc) is 2.46. The van der Waals surface area contributed by atoms with Gasteiger partial charge < -0.3 is 14.8 Å². The first-order valence-electron chi connectivity index (χ1n) is 6.74. The predicted octanol–water partition coefficient (Wildman–Crippen LogP) is 2.35. The molecule has 0 saturated carbocycles. The molecule has 0 radical (unpaired) electrons. The van der Waals surface area contributed by atoms with E-state index in [4.69, 9.17) is 9.47 Å². The molecule has 18 heavy (non-hydrogen) atoms. The standard InChI is InChI=1S/C15H23NO2/c1-3-16-12-15(7-9-18-10-8-15)13-5-4-6-14(11-13)17-2/h4-6,11,16H,3,7-10,12H2,1-2H3. The SMILES string of the molecule is CCNCC1(c2cccc(OC)c2)CCOCC1. The Morgan fingerprint density at radius 3 is 2.78 bits per heavy atom. The van der Waals surface area contributed by atoms with Crippen molar-refractivity contribution in [1.82, 2.24) is 5.32 Å². The van der Waals surface area contributed by atoms with E-state index in [1.54, 1.807) is 7.11 Å². The molecule has 3 heteroatoms. The predicted molar refractivity (Wildman–Crippen MR) is 73.3 cm³/mol. The molecule has 0 aliphatic carbocycles. The van der Waals surface area contributed by atoms with Crippen LogP contribution in [0, 0.1) is 0 Å². The molecule has 1 aliphatic rings. The molecular formula is C15H23NO2. The van der Waals surface area contributed by atoms with Gasteiger partial charge in [-0.05, 0) is 37.1 Å². The van der Waals surface area contributed by atoms with Crippen LogP contribution in [0.3, 0.4) is 0 Å². The zero-order valence-corrected chi connectivity index (χ0v) is 11.4. The highest BCUT2D eigenvalue weighted by molar-refractivity contribution is 5.34. The Kier molecular flexibility index (Phi) is 4.61. The van der Waals surface area contributed by atoms with Crippen LogP contribution in [0.4, 0.5) is 0 Å². The smallest absolute Gasteiger partial charge is 0.119 e. The molecule has 0 atom stereocenters. The maximum atomic E-state index is 5.52. The van der Waals surface area contributed by atoms with Crippen molar-refractivity contribution in [2.24, 2.45) is 0 Å². The minimum absolute atomic E-state index is 0.197. The maximum absolute atomic E-state index is 5.52. The highest BCUT2D eigenvalue weighted by Crippen LogP contribution is 2.35. The van der Waals surface area contributed by atoms with Crippen LogP contribution in [0.2, 0.25) is 0 Å². The van der Waals surface area contributed by atoms with Crippen molar-refractivity contribution in [2.45, 2.75) is 25.2 Å². The second-order valence-electron chi connectivity index (χ2n) is 4.90. The van der Waals surface area contributed by atoms with Crippen LogP contribution >= 0.6 is 0 Å². The molecule has 1 N–H and O–H groups in total. The summed E-state index contributed by atoms with van der Waals surface area (Å²) in [6.07, 6.45) is 2.15. The Bertz CT molecular complexity index is 373. The molecular weight excluding hydrogens is 226 g/mol. The van der Waals surface area contributed by atoms with Crippen LogP contribution < -0.4 is 10.1 Å². The van der Waals surface area contributed by atoms with Crippen LogP contribution in [0.5, 0.6) is 5.75 Å². The average molecular weight is 249 g/mol. The zero-order valence-electron chi connectivity index (χ0n) is 11.4. The fourth-order valence-corrected chi connectivity index (χ4v) is 2.65. The van der Waals surface area contributed by atoms with E-state index >= 15 is 0 Å². The summed E-state index contributed by atoms with van der Waals surface area (Å²) in [5, 5.41) is 3.50. The molecule has 2 rings (SSSR count). The summed E-state index contributed by atoms with van der Waals surface area (Å²) in [5.74, 6) is 0.940. The van der Waals surface area contributed by atoms with Gasteiger partial charge >= 0.3 is 0 Å². The first kappa shape index (κ1) is 13.4. The Morgan fingerprint density at radius 2 is 2.11 bits per heavy atom. The lowest BCUT2D eigenvalue weighted by Gasteiger charge is -2.38. The van der Waals surface area contributed by atoms with Gasteiger partial charge in [0.2, 0.25) is 0 Å². The molecule has 0 amide bonds. The molecule has 1 aliphatic heterocycles. The normalized spacial score (nSPS) is 18.6. The third kappa shape index (κ3) is 2.85. The van der Waals surface area contributed by atoms with E-state index in [2.05, 4.69) is 30.4 Å². The molecule has 3 nitrogen and oxygen atoms in total. The summed E-state index contributed by atoms with van der Waals surface area (Å²) >= 11 is 0. The van der Waals surface area contributed by atoms with Crippen molar-refractivity contribution < 1.29 is 9.47 Å². The first-order valence-corrected chi connectivity index (χ1v) is 6.74. The molecule has 0 aromatic heterocycles. The minimum atomic E-state index is 0.197. The Morgan fingerprint density at radius 1 is 1.33 bits per heavy atom. The van der Waals surface area contributed by atoms with Gasteiger partial charge in [-0.25, -0.2) is 0 Å². The van der Waals surface area contributed by atoms with Gasteiger partial charge in [0, 0.05) is 25.2 Å². The number of nitrogens with one attached hydrogen (secondary N) is 1. The van der Waals surface area contributed by atoms with E-state index in [-0.39, 0.29) is 5.41 Å². The van der Waals surface area contributed by atoms with Gasteiger partial charge in [0.05, 0.1) is 7.11 Å². The van der Waals surface area contributed by atoms with Gasteiger partial charge in [-0.15, -0.1) is 0 Å². The fourth-order valence-electron chi connectivity index (χ4n) is 2.65. The van der Waals surface area contributed by atoms with Crippen molar-refractivity contribution in [2.75, 3.05) is 33.4 Å². The zero-order chi connectivity index (χ0) is 12.8. The number of methoxy groups -OCH3 is 1. The van der Waals surface area contributed by atoms with Gasteiger partial charge in [-0.2, -0.15) is 0 Å². The number of benzene rings is 1. The summed E-state index contributed by atoms with van der Waals surface area (Å²) in [5.41, 5.74) is 1.56. The van der Waals surface area contributed by atoms with E-state index in [0.717, 1.165) is 44.9 Å². The number of hydrogen-bond acceptors (Lipinski definition) is 3. The number of likely N-dealkylation sites (N-methyl/N-ethyl adjacent to an activating group) is 1. The van der Waals surface area contributed by atoms with Gasteiger partial charge in [-0.3, -0.25) is 0 Å². The molecule has 1 fully saturated rings. The molecule has 1 saturated heterocycles. The van der Waals surface area contributed by atoms with Gasteiger partial charge in [0.15, 0.2) is 0 Å². The summed E-state index contributed by atoms with van der Waals surface area (Å²) in [4.78, 5) is 0. The highest BCUT2D eigenvalue weighted by atomic mass is 16.5.